The first kappa shape index (κ1) is 17.5. The molecule has 0 spiro atoms. The van der Waals surface area contributed by atoms with E-state index in [2.05, 4.69) is 26.8 Å². The van der Waals surface area contributed by atoms with E-state index in [9.17, 15) is 4.79 Å². The number of allylic oxidation sites excluding steroid dienone is 2. The number of hydrogen-bond acceptors (Lipinski definition) is 1. The highest BCUT2D eigenvalue weighted by molar-refractivity contribution is 5.95. The second kappa shape index (κ2) is 8.64. The van der Waals surface area contributed by atoms with E-state index in [-0.39, 0.29) is 0 Å². The molecule has 0 fully saturated rings. The van der Waals surface area contributed by atoms with Crippen LogP contribution in [-0.4, -0.2) is 5.78 Å². The van der Waals surface area contributed by atoms with Crippen LogP contribution < -0.4 is 0 Å². The van der Waals surface area contributed by atoms with E-state index >= 15 is 0 Å². The molecule has 1 aliphatic rings. The van der Waals surface area contributed by atoms with Gasteiger partial charge in [-0.3, -0.25) is 4.79 Å². The standard InChI is InChI=1S/C19H34O/c1-5-6-7-8-9-10-11-14-19(3,4)17-13-12-16(2)18(20)15-17/h12,17H,5-11,13-15H2,1-4H3/t17-/m1/s1. The summed E-state index contributed by atoms with van der Waals surface area (Å²) in [6.07, 6.45) is 14.9. The first-order valence-electron chi connectivity index (χ1n) is 8.67. The number of rotatable bonds is 9. The third kappa shape index (κ3) is 5.81. The highest BCUT2D eigenvalue weighted by Crippen LogP contribution is 2.40. The maximum Gasteiger partial charge on any atom is 0.158 e. The van der Waals surface area contributed by atoms with Gasteiger partial charge in [0.25, 0.3) is 0 Å². The van der Waals surface area contributed by atoms with Crippen LogP contribution in [-0.2, 0) is 4.79 Å². The molecule has 1 atom stereocenters. The van der Waals surface area contributed by atoms with E-state index in [1.807, 2.05) is 6.92 Å². The molecule has 0 aliphatic heterocycles. The first-order valence-corrected chi connectivity index (χ1v) is 8.67. The number of carbonyl (C=O) groups is 1. The van der Waals surface area contributed by atoms with Gasteiger partial charge < -0.3 is 0 Å². The molecule has 1 nitrogen and oxygen atoms in total. The van der Waals surface area contributed by atoms with E-state index in [0.717, 1.165) is 18.4 Å². The van der Waals surface area contributed by atoms with Gasteiger partial charge in [-0.05, 0) is 36.7 Å². The van der Waals surface area contributed by atoms with Crippen LogP contribution in [0.4, 0.5) is 0 Å². The minimum atomic E-state index is 0.316. The summed E-state index contributed by atoms with van der Waals surface area (Å²) in [4.78, 5) is 11.9. The van der Waals surface area contributed by atoms with Gasteiger partial charge in [0, 0.05) is 6.42 Å². The fraction of sp³-hybridized carbons (Fsp3) is 0.842. The smallest absolute Gasteiger partial charge is 0.158 e. The molecule has 1 rings (SSSR count). The largest absolute Gasteiger partial charge is 0.295 e. The summed E-state index contributed by atoms with van der Waals surface area (Å²) < 4.78 is 0. The Morgan fingerprint density at radius 1 is 1.10 bits per heavy atom. The summed E-state index contributed by atoms with van der Waals surface area (Å²) in [6.45, 7) is 8.94. The summed E-state index contributed by atoms with van der Waals surface area (Å²) in [5, 5.41) is 0. The minimum absolute atomic E-state index is 0.316. The summed E-state index contributed by atoms with van der Waals surface area (Å²) in [5.74, 6) is 0.924. The predicted octanol–water partition coefficient (Wildman–Crippen LogP) is 6.08. The number of unbranched alkanes of at least 4 members (excludes halogenated alkanes) is 6. The molecule has 0 bridgehead atoms. The van der Waals surface area contributed by atoms with Gasteiger partial charge in [-0.25, -0.2) is 0 Å². The molecule has 0 radical (unpaired) electrons. The molecule has 0 saturated carbocycles. The summed E-state index contributed by atoms with van der Waals surface area (Å²) in [7, 11) is 0. The highest BCUT2D eigenvalue weighted by Gasteiger charge is 2.32. The van der Waals surface area contributed by atoms with Crippen LogP contribution in [0.3, 0.4) is 0 Å². The van der Waals surface area contributed by atoms with Gasteiger partial charge in [-0.15, -0.1) is 0 Å². The molecule has 0 amide bonds. The van der Waals surface area contributed by atoms with Gasteiger partial charge in [0.1, 0.15) is 0 Å². The van der Waals surface area contributed by atoms with Gasteiger partial charge in [-0.1, -0.05) is 71.8 Å². The van der Waals surface area contributed by atoms with Gasteiger partial charge in [0.2, 0.25) is 0 Å². The van der Waals surface area contributed by atoms with Crippen LogP contribution in [0, 0.1) is 11.3 Å². The Balaban J connectivity index is 2.23. The molecule has 0 aromatic heterocycles. The topological polar surface area (TPSA) is 17.1 Å². The van der Waals surface area contributed by atoms with Crippen molar-refractivity contribution in [3.63, 3.8) is 0 Å². The quantitative estimate of drug-likeness (QED) is 0.467. The van der Waals surface area contributed by atoms with E-state index < -0.39 is 0 Å². The normalized spacial score (nSPS) is 20.1. The van der Waals surface area contributed by atoms with Gasteiger partial charge in [0.15, 0.2) is 5.78 Å². The Morgan fingerprint density at radius 3 is 2.30 bits per heavy atom. The van der Waals surface area contributed by atoms with E-state index in [1.165, 1.54) is 51.4 Å². The predicted molar refractivity (Wildman–Crippen MR) is 87.9 cm³/mol. The zero-order chi connectivity index (χ0) is 15.0. The lowest BCUT2D eigenvalue weighted by Crippen LogP contribution is -2.28. The van der Waals surface area contributed by atoms with Crippen molar-refractivity contribution >= 4 is 5.78 Å². The Labute approximate surface area is 126 Å². The summed E-state index contributed by atoms with van der Waals surface area (Å²) in [6, 6.07) is 0. The van der Waals surface area contributed by atoms with Gasteiger partial charge in [0.05, 0.1) is 0 Å². The maximum atomic E-state index is 11.9. The molecular formula is C19H34O. The average molecular weight is 278 g/mol. The molecule has 0 aromatic carbocycles. The van der Waals surface area contributed by atoms with Crippen molar-refractivity contribution in [2.24, 2.45) is 11.3 Å². The number of Topliss-reactive ketones (excluding diaryl/α,β-unsaturated/α-hetero) is 1. The molecular weight excluding hydrogens is 244 g/mol. The Hall–Kier alpha value is -0.590. The van der Waals surface area contributed by atoms with Crippen molar-refractivity contribution in [2.75, 3.05) is 0 Å². The fourth-order valence-electron chi connectivity index (χ4n) is 3.24. The maximum absolute atomic E-state index is 11.9. The second-order valence-corrected chi connectivity index (χ2v) is 7.31. The van der Waals surface area contributed by atoms with Crippen LogP contribution in [0.5, 0.6) is 0 Å². The summed E-state index contributed by atoms with van der Waals surface area (Å²) in [5.41, 5.74) is 1.30. The SMILES string of the molecule is CCCCCCCCCC(C)(C)[C@@H]1CC=C(C)C(=O)C1. The molecule has 116 valence electrons. The first-order chi connectivity index (χ1) is 9.47. The summed E-state index contributed by atoms with van der Waals surface area (Å²) >= 11 is 0. The number of ketones is 1. The Kier molecular flexibility index (Phi) is 7.55. The Morgan fingerprint density at radius 2 is 1.70 bits per heavy atom. The molecule has 20 heavy (non-hydrogen) atoms. The molecule has 0 N–H and O–H groups in total. The lowest BCUT2D eigenvalue weighted by atomic mass is 9.69. The van der Waals surface area contributed by atoms with E-state index in [0.29, 0.717) is 17.1 Å². The van der Waals surface area contributed by atoms with Crippen molar-refractivity contribution in [1.29, 1.82) is 0 Å². The van der Waals surface area contributed by atoms with Crippen LogP contribution in [0.1, 0.15) is 91.9 Å². The van der Waals surface area contributed by atoms with Gasteiger partial charge in [-0.2, -0.15) is 0 Å². The molecule has 1 heteroatoms. The van der Waals surface area contributed by atoms with Crippen LogP contribution in [0.25, 0.3) is 0 Å². The van der Waals surface area contributed by atoms with Crippen molar-refractivity contribution in [1.82, 2.24) is 0 Å². The zero-order valence-corrected chi connectivity index (χ0v) is 14.1. The monoisotopic (exact) mass is 278 g/mol. The third-order valence-electron chi connectivity index (χ3n) is 5.11. The van der Waals surface area contributed by atoms with Crippen molar-refractivity contribution in [3.8, 4) is 0 Å². The lowest BCUT2D eigenvalue weighted by molar-refractivity contribution is -0.117. The fourth-order valence-corrected chi connectivity index (χ4v) is 3.24. The molecule has 1 aliphatic carbocycles. The third-order valence-corrected chi connectivity index (χ3v) is 5.11. The minimum Gasteiger partial charge on any atom is -0.295 e. The average Bonchev–Trinajstić information content (AvgIpc) is 2.40. The number of carbonyl (C=O) groups excluding carboxylic acids is 1. The second-order valence-electron chi connectivity index (χ2n) is 7.31. The lowest BCUT2D eigenvalue weighted by Gasteiger charge is -2.35. The number of hydrogen-bond donors (Lipinski definition) is 0. The van der Waals surface area contributed by atoms with Gasteiger partial charge >= 0.3 is 0 Å². The molecule has 0 unspecified atom stereocenters. The Bertz CT molecular complexity index is 325. The van der Waals surface area contributed by atoms with Crippen LogP contribution >= 0.6 is 0 Å². The molecule has 0 saturated heterocycles. The van der Waals surface area contributed by atoms with Crippen molar-refractivity contribution < 1.29 is 4.79 Å². The van der Waals surface area contributed by atoms with Crippen LogP contribution in [0.2, 0.25) is 0 Å². The highest BCUT2D eigenvalue weighted by atomic mass is 16.1. The van der Waals surface area contributed by atoms with Crippen molar-refractivity contribution in [2.45, 2.75) is 91.9 Å². The molecule has 0 heterocycles. The zero-order valence-electron chi connectivity index (χ0n) is 14.1. The van der Waals surface area contributed by atoms with Crippen molar-refractivity contribution in [3.05, 3.63) is 11.6 Å². The van der Waals surface area contributed by atoms with E-state index in [4.69, 9.17) is 0 Å². The molecule has 0 aromatic rings. The van der Waals surface area contributed by atoms with Crippen LogP contribution in [0.15, 0.2) is 11.6 Å². The van der Waals surface area contributed by atoms with E-state index in [1.54, 1.807) is 0 Å².